The summed E-state index contributed by atoms with van der Waals surface area (Å²) in [4.78, 5) is 14.1. The predicted octanol–water partition coefficient (Wildman–Crippen LogP) is 3.65. The van der Waals surface area contributed by atoms with Gasteiger partial charge in [-0.05, 0) is 44.2 Å². The van der Waals surface area contributed by atoms with Gasteiger partial charge in [0, 0.05) is 18.8 Å². The highest BCUT2D eigenvalue weighted by atomic mass is 16.2. The molecule has 0 saturated carbocycles. The lowest BCUT2D eigenvalue weighted by Gasteiger charge is -2.21. The summed E-state index contributed by atoms with van der Waals surface area (Å²) < 4.78 is 0. The summed E-state index contributed by atoms with van der Waals surface area (Å²) in [5.41, 5.74) is 2.08. The molecule has 0 bridgehead atoms. The number of hydrogen-bond donors (Lipinski definition) is 1. The van der Waals surface area contributed by atoms with E-state index in [0.717, 1.165) is 37.5 Å². The Labute approximate surface area is 109 Å². The maximum absolute atomic E-state index is 12.1. The van der Waals surface area contributed by atoms with Gasteiger partial charge in [0.2, 0.25) is 0 Å². The van der Waals surface area contributed by atoms with Crippen molar-refractivity contribution in [3.63, 3.8) is 0 Å². The first-order chi connectivity index (χ1) is 8.65. The van der Waals surface area contributed by atoms with Crippen molar-refractivity contribution in [2.45, 2.75) is 33.1 Å². The molecule has 1 N–H and O–H groups in total. The number of nitrogens with zero attached hydrogens (tertiary/aromatic N) is 1. The number of likely N-dealkylation sites (tertiary alicyclic amines) is 1. The smallest absolute Gasteiger partial charge is 0.321 e. The van der Waals surface area contributed by atoms with Crippen LogP contribution in [0.5, 0.6) is 0 Å². The molecule has 1 fully saturated rings. The molecule has 0 radical (unpaired) electrons. The van der Waals surface area contributed by atoms with Crippen LogP contribution in [-0.4, -0.2) is 24.0 Å². The molecular weight excluding hydrogens is 224 g/mol. The van der Waals surface area contributed by atoms with Gasteiger partial charge in [-0.1, -0.05) is 24.6 Å². The number of amides is 2. The fourth-order valence-corrected chi connectivity index (χ4v) is 2.31. The van der Waals surface area contributed by atoms with Crippen molar-refractivity contribution in [2.24, 2.45) is 5.92 Å². The Morgan fingerprint density at radius 1 is 1.22 bits per heavy atom. The van der Waals surface area contributed by atoms with E-state index in [2.05, 4.69) is 12.2 Å². The molecule has 1 aliphatic rings. The van der Waals surface area contributed by atoms with Crippen LogP contribution in [0.25, 0.3) is 0 Å². The number of aryl methyl sites for hydroxylation is 1. The standard InChI is InChI=1S/C15H22N2O/c1-12-4-3-10-17(11-9-12)15(18)16-14-7-5-13(2)6-8-14/h5-8,12H,3-4,9-11H2,1-2H3,(H,16,18). The van der Waals surface area contributed by atoms with E-state index in [1.165, 1.54) is 12.0 Å². The lowest BCUT2D eigenvalue weighted by Crippen LogP contribution is -2.35. The van der Waals surface area contributed by atoms with Gasteiger partial charge in [-0.15, -0.1) is 0 Å². The monoisotopic (exact) mass is 246 g/mol. The summed E-state index contributed by atoms with van der Waals surface area (Å²) in [5.74, 6) is 0.738. The van der Waals surface area contributed by atoms with E-state index in [1.807, 2.05) is 36.1 Å². The number of carbonyl (C=O) groups excluding carboxylic acids is 1. The summed E-state index contributed by atoms with van der Waals surface area (Å²) in [6, 6.07) is 7.97. The first-order valence-corrected chi connectivity index (χ1v) is 6.78. The van der Waals surface area contributed by atoms with E-state index in [0.29, 0.717) is 0 Å². The SMILES string of the molecule is Cc1ccc(NC(=O)N2CCCC(C)CC2)cc1. The van der Waals surface area contributed by atoms with Crippen molar-refractivity contribution in [3.05, 3.63) is 29.8 Å². The Balaban J connectivity index is 1.92. The zero-order valence-corrected chi connectivity index (χ0v) is 11.3. The molecule has 2 amide bonds. The van der Waals surface area contributed by atoms with Crippen LogP contribution in [0.15, 0.2) is 24.3 Å². The highest BCUT2D eigenvalue weighted by molar-refractivity contribution is 5.89. The third-order valence-electron chi connectivity index (χ3n) is 3.61. The van der Waals surface area contributed by atoms with Gasteiger partial charge in [0.15, 0.2) is 0 Å². The molecule has 3 heteroatoms. The van der Waals surface area contributed by atoms with Crippen LogP contribution < -0.4 is 5.32 Å². The maximum atomic E-state index is 12.1. The van der Waals surface area contributed by atoms with Crippen molar-refractivity contribution in [1.29, 1.82) is 0 Å². The van der Waals surface area contributed by atoms with E-state index in [9.17, 15) is 4.79 Å². The minimum Gasteiger partial charge on any atom is -0.325 e. The average molecular weight is 246 g/mol. The Bertz CT molecular complexity index is 399. The van der Waals surface area contributed by atoms with Crippen LogP contribution in [0.4, 0.5) is 10.5 Å². The highest BCUT2D eigenvalue weighted by Gasteiger charge is 2.18. The molecule has 98 valence electrons. The molecule has 0 aromatic heterocycles. The zero-order chi connectivity index (χ0) is 13.0. The van der Waals surface area contributed by atoms with Gasteiger partial charge in [0.05, 0.1) is 0 Å². The van der Waals surface area contributed by atoms with Gasteiger partial charge in [0.1, 0.15) is 0 Å². The molecule has 18 heavy (non-hydrogen) atoms. The third kappa shape index (κ3) is 3.49. The summed E-state index contributed by atoms with van der Waals surface area (Å²) in [7, 11) is 0. The van der Waals surface area contributed by atoms with Gasteiger partial charge in [0.25, 0.3) is 0 Å². The van der Waals surface area contributed by atoms with E-state index in [4.69, 9.17) is 0 Å². The Hall–Kier alpha value is -1.51. The van der Waals surface area contributed by atoms with Crippen LogP contribution >= 0.6 is 0 Å². The predicted molar refractivity (Wildman–Crippen MR) is 74.8 cm³/mol. The fraction of sp³-hybridized carbons (Fsp3) is 0.533. The second kappa shape index (κ2) is 5.89. The zero-order valence-electron chi connectivity index (χ0n) is 11.3. The lowest BCUT2D eigenvalue weighted by atomic mass is 10.0. The number of benzene rings is 1. The van der Waals surface area contributed by atoms with Gasteiger partial charge in [-0.25, -0.2) is 4.79 Å². The first kappa shape index (κ1) is 12.9. The molecule has 1 heterocycles. The number of carbonyl (C=O) groups is 1. The average Bonchev–Trinajstić information content (AvgIpc) is 2.57. The van der Waals surface area contributed by atoms with Crippen molar-refractivity contribution < 1.29 is 4.79 Å². The van der Waals surface area contributed by atoms with Crippen LogP contribution in [0.1, 0.15) is 31.7 Å². The Morgan fingerprint density at radius 3 is 2.67 bits per heavy atom. The molecule has 3 nitrogen and oxygen atoms in total. The van der Waals surface area contributed by atoms with E-state index in [1.54, 1.807) is 0 Å². The third-order valence-corrected chi connectivity index (χ3v) is 3.61. The molecule has 1 saturated heterocycles. The van der Waals surface area contributed by atoms with E-state index < -0.39 is 0 Å². The first-order valence-electron chi connectivity index (χ1n) is 6.78. The highest BCUT2D eigenvalue weighted by Crippen LogP contribution is 2.17. The van der Waals surface area contributed by atoms with Gasteiger partial charge < -0.3 is 10.2 Å². The minimum atomic E-state index is 0.0351. The van der Waals surface area contributed by atoms with Crippen LogP contribution in [-0.2, 0) is 0 Å². The van der Waals surface area contributed by atoms with Gasteiger partial charge >= 0.3 is 6.03 Å². The summed E-state index contributed by atoms with van der Waals surface area (Å²) in [6.07, 6.45) is 3.46. The molecule has 0 spiro atoms. The normalized spacial score (nSPS) is 20.3. The van der Waals surface area contributed by atoms with Crippen LogP contribution in [0, 0.1) is 12.8 Å². The van der Waals surface area contributed by atoms with Crippen molar-refractivity contribution >= 4 is 11.7 Å². The second-order valence-electron chi connectivity index (χ2n) is 5.32. The molecule has 0 aliphatic carbocycles. The molecule has 1 aromatic carbocycles. The van der Waals surface area contributed by atoms with Crippen LogP contribution in [0.3, 0.4) is 0 Å². The summed E-state index contributed by atoms with van der Waals surface area (Å²) in [5, 5.41) is 2.97. The topological polar surface area (TPSA) is 32.3 Å². The minimum absolute atomic E-state index is 0.0351. The van der Waals surface area contributed by atoms with Crippen molar-refractivity contribution in [3.8, 4) is 0 Å². The van der Waals surface area contributed by atoms with E-state index >= 15 is 0 Å². The molecular formula is C15H22N2O. The largest absolute Gasteiger partial charge is 0.325 e. The Kier molecular flexibility index (Phi) is 4.24. The van der Waals surface area contributed by atoms with E-state index in [-0.39, 0.29) is 6.03 Å². The number of hydrogen-bond acceptors (Lipinski definition) is 1. The lowest BCUT2D eigenvalue weighted by molar-refractivity contribution is 0.213. The van der Waals surface area contributed by atoms with Gasteiger partial charge in [-0.2, -0.15) is 0 Å². The van der Waals surface area contributed by atoms with Crippen molar-refractivity contribution in [2.75, 3.05) is 18.4 Å². The fourth-order valence-electron chi connectivity index (χ4n) is 2.31. The molecule has 2 rings (SSSR count). The van der Waals surface area contributed by atoms with Crippen molar-refractivity contribution in [1.82, 2.24) is 4.90 Å². The quantitative estimate of drug-likeness (QED) is 0.806. The number of rotatable bonds is 1. The second-order valence-corrected chi connectivity index (χ2v) is 5.32. The number of anilines is 1. The number of nitrogens with one attached hydrogen (secondary N) is 1. The van der Waals surface area contributed by atoms with Gasteiger partial charge in [-0.3, -0.25) is 0 Å². The maximum Gasteiger partial charge on any atom is 0.321 e. The van der Waals surface area contributed by atoms with Crippen LogP contribution in [0.2, 0.25) is 0 Å². The Morgan fingerprint density at radius 2 is 1.94 bits per heavy atom. The molecule has 1 aliphatic heterocycles. The molecule has 1 aromatic rings. The summed E-state index contributed by atoms with van der Waals surface area (Å²) in [6.45, 7) is 6.06. The number of urea groups is 1. The summed E-state index contributed by atoms with van der Waals surface area (Å²) >= 11 is 0. The molecule has 1 unspecified atom stereocenters. The molecule has 1 atom stereocenters.